The Kier molecular flexibility index (Phi) is 6.54. The maximum Gasteiger partial charge on any atom is 0.245 e. The molecule has 0 radical (unpaired) electrons. The van der Waals surface area contributed by atoms with Crippen molar-refractivity contribution in [3.63, 3.8) is 0 Å². The van der Waals surface area contributed by atoms with Crippen molar-refractivity contribution >= 4 is 23.6 Å². The van der Waals surface area contributed by atoms with Gasteiger partial charge >= 0.3 is 0 Å². The zero-order valence-electron chi connectivity index (χ0n) is 11.6. The number of piperazine rings is 1. The summed E-state index contributed by atoms with van der Waals surface area (Å²) >= 11 is 1.85. The molecular formula is C13H24N2O2S. The van der Waals surface area contributed by atoms with Crippen molar-refractivity contribution in [3.05, 3.63) is 0 Å². The third-order valence-corrected chi connectivity index (χ3v) is 4.10. The number of nitrogens with one attached hydrogen (secondary N) is 1. The van der Waals surface area contributed by atoms with Gasteiger partial charge in [0.25, 0.3) is 0 Å². The summed E-state index contributed by atoms with van der Waals surface area (Å²) < 4.78 is 0. The van der Waals surface area contributed by atoms with Crippen molar-refractivity contribution < 1.29 is 9.59 Å². The second kappa shape index (κ2) is 7.67. The van der Waals surface area contributed by atoms with Crippen LogP contribution in [0.2, 0.25) is 0 Å². The molecule has 0 saturated carbocycles. The molecule has 1 N–H and O–H groups in total. The van der Waals surface area contributed by atoms with E-state index in [1.165, 1.54) is 12.2 Å². The molecule has 1 rings (SSSR count). The summed E-state index contributed by atoms with van der Waals surface area (Å²) in [6.07, 6.45) is 6.06. The van der Waals surface area contributed by atoms with Gasteiger partial charge in [-0.1, -0.05) is 13.3 Å². The highest BCUT2D eigenvalue weighted by atomic mass is 32.2. The van der Waals surface area contributed by atoms with E-state index in [9.17, 15) is 9.59 Å². The van der Waals surface area contributed by atoms with Crippen LogP contribution in [-0.4, -0.2) is 47.4 Å². The number of carbonyl (C=O) groups excluding carboxylic acids is 2. The topological polar surface area (TPSA) is 49.4 Å². The van der Waals surface area contributed by atoms with Gasteiger partial charge < -0.3 is 10.2 Å². The molecule has 104 valence electrons. The first-order valence-corrected chi connectivity index (χ1v) is 8.11. The Bertz CT molecular complexity index is 297. The predicted octanol–water partition coefficient (Wildman–Crippen LogP) is 1.65. The molecule has 0 spiro atoms. The van der Waals surface area contributed by atoms with Crippen molar-refractivity contribution in [1.29, 1.82) is 0 Å². The first kappa shape index (κ1) is 15.3. The summed E-state index contributed by atoms with van der Waals surface area (Å²) in [5.41, 5.74) is 0. The molecule has 0 bridgehead atoms. The van der Waals surface area contributed by atoms with Gasteiger partial charge in [-0.2, -0.15) is 11.8 Å². The number of thioether (sulfide) groups is 1. The fourth-order valence-electron chi connectivity index (χ4n) is 2.17. The van der Waals surface area contributed by atoms with E-state index < -0.39 is 0 Å². The number of rotatable bonds is 7. The number of unbranched alkanes of at least 4 members (excludes halogenated alkanes) is 2. The molecule has 5 heteroatoms. The summed E-state index contributed by atoms with van der Waals surface area (Å²) in [5.74, 6) is 1.22. The maximum absolute atomic E-state index is 12.1. The van der Waals surface area contributed by atoms with Gasteiger partial charge in [0.15, 0.2) is 0 Å². The fourth-order valence-corrected chi connectivity index (χ4v) is 2.67. The number of nitrogens with zero attached hydrogens (tertiary/aromatic N) is 1. The van der Waals surface area contributed by atoms with Gasteiger partial charge in [-0.05, 0) is 38.2 Å². The Morgan fingerprint density at radius 1 is 1.28 bits per heavy atom. The predicted molar refractivity (Wildman–Crippen MR) is 75.6 cm³/mol. The smallest absolute Gasteiger partial charge is 0.245 e. The van der Waals surface area contributed by atoms with Gasteiger partial charge in [0, 0.05) is 6.54 Å². The molecule has 1 saturated heterocycles. The number of hydrogen-bond donors (Lipinski definition) is 1. The quantitative estimate of drug-likeness (QED) is 0.717. The molecule has 0 aromatic rings. The standard InChI is InChI=1S/C13H24N2O2S/c1-4-11-13(17)15(10(2)12(16)14-11)8-6-5-7-9-18-3/h10-11H,4-9H2,1-3H3,(H,14,16). The van der Waals surface area contributed by atoms with Crippen molar-refractivity contribution in [2.75, 3.05) is 18.6 Å². The second-order valence-electron chi connectivity index (χ2n) is 4.73. The van der Waals surface area contributed by atoms with Crippen LogP contribution in [0, 0.1) is 0 Å². The highest BCUT2D eigenvalue weighted by Gasteiger charge is 2.36. The van der Waals surface area contributed by atoms with Gasteiger partial charge in [0.05, 0.1) is 0 Å². The van der Waals surface area contributed by atoms with Crippen LogP contribution in [0.15, 0.2) is 0 Å². The third kappa shape index (κ3) is 3.90. The van der Waals surface area contributed by atoms with Crippen LogP contribution in [0.4, 0.5) is 0 Å². The molecule has 2 amide bonds. The number of carbonyl (C=O) groups is 2. The minimum Gasteiger partial charge on any atom is -0.343 e. The average Bonchev–Trinajstić information content (AvgIpc) is 2.37. The van der Waals surface area contributed by atoms with Gasteiger partial charge in [-0.3, -0.25) is 9.59 Å². The lowest BCUT2D eigenvalue weighted by Gasteiger charge is -2.37. The summed E-state index contributed by atoms with van der Waals surface area (Å²) in [7, 11) is 0. The Labute approximate surface area is 114 Å². The molecule has 1 heterocycles. The molecule has 2 atom stereocenters. The molecular weight excluding hydrogens is 248 g/mol. The van der Waals surface area contributed by atoms with Gasteiger partial charge in [-0.25, -0.2) is 0 Å². The highest BCUT2D eigenvalue weighted by Crippen LogP contribution is 2.13. The van der Waals surface area contributed by atoms with Crippen LogP contribution >= 0.6 is 11.8 Å². The van der Waals surface area contributed by atoms with E-state index in [0.717, 1.165) is 12.8 Å². The first-order valence-electron chi connectivity index (χ1n) is 6.71. The second-order valence-corrected chi connectivity index (χ2v) is 5.72. The normalized spacial score (nSPS) is 24.3. The minimum absolute atomic E-state index is 0.0226. The molecule has 0 aromatic heterocycles. The van der Waals surface area contributed by atoms with Crippen LogP contribution in [0.3, 0.4) is 0 Å². The van der Waals surface area contributed by atoms with E-state index in [2.05, 4.69) is 11.6 Å². The van der Waals surface area contributed by atoms with Crippen LogP contribution in [0.5, 0.6) is 0 Å². The molecule has 0 aromatic carbocycles. The number of hydrogen-bond acceptors (Lipinski definition) is 3. The Morgan fingerprint density at radius 3 is 2.61 bits per heavy atom. The molecule has 2 unspecified atom stereocenters. The summed E-state index contributed by atoms with van der Waals surface area (Å²) in [5, 5.41) is 2.77. The van der Waals surface area contributed by atoms with Gasteiger partial charge in [0.1, 0.15) is 12.1 Å². The maximum atomic E-state index is 12.1. The van der Waals surface area contributed by atoms with E-state index in [0.29, 0.717) is 13.0 Å². The molecule has 1 aliphatic heterocycles. The van der Waals surface area contributed by atoms with E-state index in [1.54, 1.807) is 11.8 Å². The van der Waals surface area contributed by atoms with Crippen molar-refractivity contribution in [1.82, 2.24) is 10.2 Å². The molecule has 1 fully saturated rings. The average molecular weight is 272 g/mol. The van der Waals surface area contributed by atoms with Gasteiger partial charge in [-0.15, -0.1) is 0 Å². The fraction of sp³-hybridized carbons (Fsp3) is 0.846. The monoisotopic (exact) mass is 272 g/mol. The largest absolute Gasteiger partial charge is 0.343 e. The minimum atomic E-state index is -0.320. The van der Waals surface area contributed by atoms with Crippen molar-refractivity contribution in [3.8, 4) is 0 Å². The van der Waals surface area contributed by atoms with Crippen molar-refractivity contribution in [2.45, 2.75) is 51.6 Å². The van der Waals surface area contributed by atoms with Crippen LogP contribution in [0.25, 0.3) is 0 Å². The Hall–Kier alpha value is -0.710. The lowest BCUT2D eigenvalue weighted by Crippen LogP contribution is -2.62. The first-order chi connectivity index (χ1) is 8.61. The van der Waals surface area contributed by atoms with Crippen LogP contribution in [0.1, 0.15) is 39.5 Å². The Morgan fingerprint density at radius 2 is 2.00 bits per heavy atom. The zero-order chi connectivity index (χ0) is 13.5. The summed E-state index contributed by atoms with van der Waals surface area (Å²) in [4.78, 5) is 25.6. The summed E-state index contributed by atoms with van der Waals surface area (Å²) in [6, 6.07) is -0.638. The van der Waals surface area contributed by atoms with Crippen molar-refractivity contribution in [2.24, 2.45) is 0 Å². The third-order valence-electron chi connectivity index (χ3n) is 3.40. The lowest BCUT2D eigenvalue weighted by molar-refractivity contribution is -0.148. The van der Waals surface area contributed by atoms with E-state index >= 15 is 0 Å². The van der Waals surface area contributed by atoms with Crippen LogP contribution in [-0.2, 0) is 9.59 Å². The van der Waals surface area contributed by atoms with E-state index in [1.807, 2.05) is 18.7 Å². The molecule has 0 aliphatic carbocycles. The van der Waals surface area contributed by atoms with Crippen LogP contribution < -0.4 is 5.32 Å². The van der Waals surface area contributed by atoms with E-state index in [4.69, 9.17) is 0 Å². The zero-order valence-corrected chi connectivity index (χ0v) is 12.4. The lowest BCUT2D eigenvalue weighted by atomic mass is 10.1. The molecule has 1 aliphatic rings. The van der Waals surface area contributed by atoms with Gasteiger partial charge in [0.2, 0.25) is 11.8 Å². The van der Waals surface area contributed by atoms with E-state index in [-0.39, 0.29) is 23.9 Å². The highest BCUT2D eigenvalue weighted by molar-refractivity contribution is 7.98. The molecule has 4 nitrogen and oxygen atoms in total. The summed E-state index contributed by atoms with van der Waals surface area (Å²) in [6.45, 7) is 4.44. The number of amides is 2. The molecule has 18 heavy (non-hydrogen) atoms. The SMILES string of the molecule is CCC1NC(=O)C(C)N(CCCCCSC)C1=O. The Balaban J connectivity index is 2.44.